The van der Waals surface area contributed by atoms with Crippen molar-refractivity contribution in [2.45, 2.75) is 32.2 Å². The number of aliphatic hydroxyl groups excluding tert-OH is 1. The number of amides is 1. The number of β-amino-alcohol motifs (C(OH)–C–C–N with tert-alkyl or cyclic N) is 1. The number of aromatic nitrogens is 2. The number of hydrogen-bond donors (Lipinski definition) is 1. The molecule has 23 heavy (non-hydrogen) atoms. The Labute approximate surface area is 140 Å². The second-order valence-corrected chi connectivity index (χ2v) is 7.51. The van der Waals surface area contributed by atoms with Crippen molar-refractivity contribution in [1.82, 2.24) is 20.0 Å². The predicted octanol–water partition coefficient (Wildman–Crippen LogP) is 0.744. The molecule has 7 nitrogen and oxygen atoms in total. The van der Waals surface area contributed by atoms with Crippen LogP contribution in [0.5, 0.6) is 5.19 Å². The molecule has 1 aromatic heterocycles. The number of aliphatic hydroxyl groups is 1. The number of ether oxygens (including phenoxy) is 1. The third-order valence-corrected chi connectivity index (χ3v) is 5.89. The van der Waals surface area contributed by atoms with E-state index in [1.54, 1.807) is 7.11 Å². The fourth-order valence-electron chi connectivity index (χ4n) is 3.60. The molecule has 3 rings (SSSR count). The number of nitrogens with zero attached hydrogens (tertiary/aromatic N) is 4. The molecule has 2 aliphatic rings. The maximum absolute atomic E-state index is 11.9. The Bertz CT molecular complexity index is 543. The van der Waals surface area contributed by atoms with Crippen LogP contribution in [-0.2, 0) is 11.3 Å². The first kappa shape index (κ1) is 16.6. The largest absolute Gasteiger partial charge is 0.472 e. The molecule has 128 valence electrons. The van der Waals surface area contributed by atoms with Gasteiger partial charge in [0, 0.05) is 19.5 Å². The van der Waals surface area contributed by atoms with Crippen LogP contribution in [0.15, 0.2) is 0 Å². The van der Waals surface area contributed by atoms with Gasteiger partial charge in [0.25, 0.3) is 5.19 Å². The molecule has 1 amide bonds. The van der Waals surface area contributed by atoms with Crippen LogP contribution in [-0.4, -0.2) is 70.9 Å². The highest BCUT2D eigenvalue weighted by atomic mass is 32.1. The third-order valence-electron chi connectivity index (χ3n) is 5.02. The van der Waals surface area contributed by atoms with Crippen LogP contribution in [0.4, 0.5) is 0 Å². The van der Waals surface area contributed by atoms with Crippen molar-refractivity contribution in [3.8, 4) is 5.19 Å². The molecule has 1 N–H and O–H groups in total. The molecule has 1 spiro atoms. The van der Waals surface area contributed by atoms with Crippen LogP contribution >= 0.6 is 11.3 Å². The smallest absolute Gasteiger partial charge is 0.293 e. The molecule has 0 atom stereocenters. The molecule has 2 aliphatic heterocycles. The van der Waals surface area contributed by atoms with E-state index >= 15 is 0 Å². The Morgan fingerprint density at radius 3 is 2.74 bits per heavy atom. The Kier molecular flexibility index (Phi) is 5.13. The molecule has 0 aliphatic carbocycles. The molecule has 0 radical (unpaired) electrons. The fraction of sp³-hybridized carbons (Fsp3) is 0.800. The number of carbonyl (C=O) groups excluding carboxylic acids is 1. The molecular weight excluding hydrogens is 316 g/mol. The van der Waals surface area contributed by atoms with Crippen LogP contribution in [0.25, 0.3) is 0 Å². The van der Waals surface area contributed by atoms with E-state index in [0.717, 1.165) is 50.4 Å². The van der Waals surface area contributed by atoms with Gasteiger partial charge >= 0.3 is 0 Å². The Hall–Kier alpha value is -1.25. The van der Waals surface area contributed by atoms with Crippen molar-refractivity contribution in [1.29, 1.82) is 0 Å². The van der Waals surface area contributed by atoms with Gasteiger partial charge in [-0.25, -0.2) is 0 Å². The van der Waals surface area contributed by atoms with Crippen LogP contribution in [0.1, 0.15) is 30.7 Å². The SMILES string of the molecule is COc1nnc(CN2CCC3(CCC(=O)N(CCO)C3)CC2)s1. The number of hydrogen-bond acceptors (Lipinski definition) is 7. The van der Waals surface area contributed by atoms with E-state index in [9.17, 15) is 4.79 Å². The van der Waals surface area contributed by atoms with Gasteiger partial charge in [-0.15, -0.1) is 10.2 Å². The van der Waals surface area contributed by atoms with E-state index in [4.69, 9.17) is 9.84 Å². The number of piperidine rings is 2. The summed E-state index contributed by atoms with van der Waals surface area (Å²) in [5, 5.41) is 18.8. The lowest BCUT2D eigenvalue weighted by atomic mass is 9.72. The summed E-state index contributed by atoms with van der Waals surface area (Å²) in [5.41, 5.74) is 0.235. The summed E-state index contributed by atoms with van der Waals surface area (Å²) in [5.74, 6) is 0.188. The van der Waals surface area contributed by atoms with E-state index in [1.807, 2.05) is 4.90 Å². The lowest BCUT2D eigenvalue weighted by Gasteiger charge is -2.47. The van der Waals surface area contributed by atoms with Gasteiger partial charge in [-0.05, 0) is 37.8 Å². The van der Waals surface area contributed by atoms with Gasteiger partial charge in [0.15, 0.2) is 0 Å². The minimum absolute atomic E-state index is 0.0484. The molecule has 0 unspecified atom stereocenters. The molecule has 0 aromatic carbocycles. The summed E-state index contributed by atoms with van der Waals surface area (Å²) < 4.78 is 5.09. The number of carbonyl (C=O) groups is 1. The maximum atomic E-state index is 11.9. The Balaban J connectivity index is 1.54. The predicted molar refractivity (Wildman–Crippen MR) is 86.3 cm³/mol. The van der Waals surface area contributed by atoms with Crippen molar-refractivity contribution in [2.24, 2.45) is 5.41 Å². The lowest BCUT2D eigenvalue weighted by molar-refractivity contribution is -0.139. The molecule has 3 heterocycles. The topological polar surface area (TPSA) is 78.8 Å². The summed E-state index contributed by atoms with van der Waals surface area (Å²) in [6, 6.07) is 0. The zero-order chi connectivity index (χ0) is 16.3. The van der Waals surface area contributed by atoms with Gasteiger partial charge in [-0.3, -0.25) is 9.69 Å². The highest BCUT2D eigenvalue weighted by Gasteiger charge is 2.40. The second-order valence-electron chi connectivity index (χ2n) is 6.48. The second kappa shape index (κ2) is 7.11. The van der Waals surface area contributed by atoms with E-state index < -0.39 is 0 Å². The number of likely N-dealkylation sites (tertiary alicyclic amines) is 2. The molecule has 0 bridgehead atoms. The maximum Gasteiger partial charge on any atom is 0.293 e. The van der Waals surface area contributed by atoms with Crippen LogP contribution in [0.2, 0.25) is 0 Å². The Morgan fingerprint density at radius 1 is 1.30 bits per heavy atom. The van der Waals surface area contributed by atoms with E-state index in [1.165, 1.54) is 11.3 Å². The zero-order valence-electron chi connectivity index (χ0n) is 13.5. The normalized spacial score (nSPS) is 21.8. The third kappa shape index (κ3) is 3.81. The first-order chi connectivity index (χ1) is 11.1. The molecule has 1 aromatic rings. The summed E-state index contributed by atoms with van der Waals surface area (Å²) >= 11 is 1.49. The summed E-state index contributed by atoms with van der Waals surface area (Å²) in [4.78, 5) is 16.2. The Morgan fingerprint density at radius 2 is 2.09 bits per heavy atom. The van der Waals surface area contributed by atoms with Gasteiger partial charge in [0.1, 0.15) is 5.01 Å². The minimum atomic E-state index is 0.0484. The van der Waals surface area contributed by atoms with Gasteiger partial charge in [-0.1, -0.05) is 11.3 Å². The quantitative estimate of drug-likeness (QED) is 0.852. The lowest BCUT2D eigenvalue weighted by Crippen LogP contribution is -2.51. The van der Waals surface area contributed by atoms with E-state index in [0.29, 0.717) is 18.2 Å². The first-order valence-corrected chi connectivity index (χ1v) is 8.93. The first-order valence-electron chi connectivity index (χ1n) is 8.11. The monoisotopic (exact) mass is 340 g/mol. The van der Waals surface area contributed by atoms with E-state index in [2.05, 4.69) is 15.1 Å². The average molecular weight is 340 g/mol. The summed E-state index contributed by atoms with van der Waals surface area (Å²) in [6.07, 6.45) is 3.79. The highest BCUT2D eigenvalue weighted by molar-refractivity contribution is 7.13. The van der Waals surface area contributed by atoms with Crippen molar-refractivity contribution >= 4 is 17.2 Å². The van der Waals surface area contributed by atoms with Crippen molar-refractivity contribution in [3.05, 3.63) is 5.01 Å². The van der Waals surface area contributed by atoms with Crippen molar-refractivity contribution in [3.63, 3.8) is 0 Å². The molecule has 2 saturated heterocycles. The summed E-state index contributed by atoms with van der Waals surface area (Å²) in [7, 11) is 1.61. The fourth-order valence-corrected chi connectivity index (χ4v) is 4.29. The van der Waals surface area contributed by atoms with Gasteiger partial charge in [-0.2, -0.15) is 0 Å². The van der Waals surface area contributed by atoms with Gasteiger partial charge in [0.05, 0.1) is 20.3 Å². The molecule has 0 saturated carbocycles. The number of rotatable bonds is 5. The van der Waals surface area contributed by atoms with Crippen molar-refractivity contribution < 1.29 is 14.6 Å². The minimum Gasteiger partial charge on any atom is -0.472 e. The van der Waals surface area contributed by atoms with Gasteiger partial charge < -0.3 is 14.7 Å². The highest BCUT2D eigenvalue weighted by Crippen LogP contribution is 2.40. The molecule has 2 fully saturated rings. The van der Waals surface area contributed by atoms with Crippen molar-refractivity contribution in [2.75, 3.05) is 39.9 Å². The number of methoxy groups -OCH3 is 1. The van der Waals surface area contributed by atoms with Gasteiger partial charge in [0.2, 0.25) is 5.91 Å². The van der Waals surface area contributed by atoms with Crippen LogP contribution < -0.4 is 4.74 Å². The molecule has 8 heteroatoms. The van der Waals surface area contributed by atoms with E-state index in [-0.39, 0.29) is 17.9 Å². The van der Waals surface area contributed by atoms with Crippen LogP contribution in [0.3, 0.4) is 0 Å². The standard InChI is InChI=1S/C15H24N4O3S/c1-22-14-17-16-12(23-14)10-18-6-4-15(5-7-18)3-2-13(21)19(11-15)8-9-20/h20H,2-11H2,1H3. The van der Waals surface area contributed by atoms with Crippen LogP contribution in [0, 0.1) is 5.41 Å². The zero-order valence-corrected chi connectivity index (χ0v) is 14.3. The average Bonchev–Trinajstić information content (AvgIpc) is 3.01. The molecular formula is C15H24N4O3S. The summed E-state index contributed by atoms with van der Waals surface area (Å²) in [6.45, 7) is 4.16.